The van der Waals surface area contributed by atoms with Gasteiger partial charge in [0, 0.05) is 11.8 Å². The van der Waals surface area contributed by atoms with Gasteiger partial charge in [-0.3, -0.25) is 4.79 Å². The lowest BCUT2D eigenvalue weighted by Gasteiger charge is -2.07. The summed E-state index contributed by atoms with van der Waals surface area (Å²) in [5, 5.41) is 2.57. The Kier molecular flexibility index (Phi) is 4.26. The van der Waals surface area contributed by atoms with E-state index in [1.165, 1.54) is 12.3 Å². The summed E-state index contributed by atoms with van der Waals surface area (Å²) in [5.74, 6) is -2.61. The zero-order valence-electron chi connectivity index (χ0n) is 9.25. The van der Waals surface area contributed by atoms with Gasteiger partial charge in [-0.25, -0.2) is 13.8 Å². The third kappa shape index (κ3) is 3.36. The summed E-state index contributed by atoms with van der Waals surface area (Å²) in [6, 6.07) is 4.54. The van der Waals surface area contributed by atoms with Crippen molar-refractivity contribution >= 4 is 43.5 Å². The number of carbonyl (C=O) groups is 1. The van der Waals surface area contributed by atoms with Gasteiger partial charge < -0.3 is 5.32 Å². The number of halogens is 4. The van der Waals surface area contributed by atoms with Crippen molar-refractivity contribution in [1.29, 1.82) is 0 Å². The molecule has 0 atom stereocenters. The van der Waals surface area contributed by atoms with Crippen LogP contribution in [0.5, 0.6) is 0 Å². The van der Waals surface area contributed by atoms with E-state index in [0.717, 1.165) is 12.1 Å². The fourth-order valence-electron chi connectivity index (χ4n) is 1.34. The summed E-state index contributed by atoms with van der Waals surface area (Å²) < 4.78 is 26.9. The number of pyridine rings is 1. The first-order chi connectivity index (χ1) is 8.97. The lowest BCUT2D eigenvalue weighted by Crippen LogP contribution is -2.13. The number of rotatable bonds is 2. The highest BCUT2D eigenvalue weighted by molar-refractivity contribution is 9.11. The Morgan fingerprint density at radius 1 is 1.16 bits per heavy atom. The van der Waals surface area contributed by atoms with Crippen molar-refractivity contribution in [2.45, 2.75) is 0 Å². The van der Waals surface area contributed by atoms with Crippen molar-refractivity contribution in [1.82, 2.24) is 4.98 Å². The first-order valence-corrected chi connectivity index (χ1v) is 6.63. The van der Waals surface area contributed by atoms with Crippen molar-refractivity contribution in [3.05, 3.63) is 56.7 Å². The van der Waals surface area contributed by atoms with Crippen molar-refractivity contribution in [2.75, 3.05) is 5.32 Å². The summed E-state index contributed by atoms with van der Waals surface area (Å²) >= 11 is 6.40. The number of amides is 1. The summed E-state index contributed by atoms with van der Waals surface area (Å²) in [6.07, 6.45) is 1.50. The zero-order valence-corrected chi connectivity index (χ0v) is 12.4. The van der Waals surface area contributed by atoms with Gasteiger partial charge in [0.1, 0.15) is 4.60 Å². The van der Waals surface area contributed by atoms with Crippen LogP contribution in [0.2, 0.25) is 0 Å². The maximum absolute atomic E-state index is 13.0. The number of nitrogens with one attached hydrogen (secondary N) is 1. The second-order valence-electron chi connectivity index (χ2n) is 3.57. The molecular weight excluding hydrogens is 386 g/mol. The standard InChI is InChI=1S/C12H6Br2F2N2O/c13-7-5-17-11(14)4-10(7)18-12(19)6-1-2-8(15)9(16)3-6/h1-5H,(H,17,18,19). The molecule has 2 aromatic rings. The number of benzene rings is 1. The smallest absolute Gasteiger partial charge is 0.255 e. The minimum absolute atomic E-state index is 0.0266. The van der Waals surface area contributed by atoms with Crippen LogP contribution in [0, 0.1) is 11.6 Å². The first kappa shape index (κ1) is 14.1. The van der Waals surface area contributed by atoms with Gasteiger partial charge in [0.15, 0.2) is 11.6 Å². The monoisotopic (exact) mass is 390 g/mol. The van der Waals surface area contributed by atoms with E-state index in [9.17, 15) is 13.6 Å². The molecule has 0 aliphatic rings. The quantitative estimate of drug-likeness (QED) is 0.782. The molecule has 19 heavy (non-hydrogen) atoms. The first-order valence-electron chi connectivity index (χ1n) is 5.05. The zero-order chi connectivity index (χ0) is 14.0. The van der Waals surface area contributed by atoms with E-state index >= 15 is 0 Å². The van der Waals surface area contributed by atoms with Crippen LogP contribution in [0.3, 0.4) is 0 Å². The third-order valence-electron chi connectivity index (χ3n) is 2.25. The van der Waals surface area contributed by atoms with Crippen LogP contribution in [-0.4, -0.2) is 10.9 Å². The van der Waals surface area contributed by atoms with E-state index in [0.29, 0.717) is 14.8 Å². The van der Waals surface area contributed by atoms with Crippen molar-refractivity contribution in [2.24, 2.45) is 0 Å². The van der Waals surface area contributed by atoms with Crippen LogP contribution in [0.25, 0.3) is 0 Å². The topological polar surface area (TPSA) is 42.0 Å². The third-order valence-corrected chi connectivity index (χ3v) is 3.32. The number of hydrogen-bond donors (Lipinski definition) is 1. The van der Waals surface area contributed by atoms with Crippen LogP contribution >= 0.6 is 31.9 Å². The second-order valence-corrected chi connectivity index (χ2v) is 5.24. The van der Waals surface area contributed by atoms with Gasteiger partial charge in [-0.05, 0) is 56.1 Å². The van der Waals surface area contributed by atoms with Gasteiger partial charge in [0.05, 0.1) is 10.2 Å². The summed E-state index contributed by atoms with van der Waals surface area (Å²) in [5.41, 5.74) is 0.496. The molecule has 0 saturated carbocycles. The fourth-order valence-corrected chi connectivity index (χ4v) is 1.99. The van der Waals surface area contributed by atoms with Crippen LogP contribution < -0.4 is 5.32 Å². The summed E-state index contributed by atoms with van der Waals surface area (Å²) in [4.78, 5) is 15.8. The molecule has 0 unspecified atom stereocenters. The van der Waals surface area contributed by atoms with Crippen LogP contribution in [0.15, 0.2) is 39.5 Å². The molecule has 0 fully saturated rings. The van der Waals surface area contributed by atoms with E-state index < -0.39 is 17.5 Å². The van der Waals surface area contributed by atoms with Crippen LogP contribution in [-0.2, 0) is 0 Å². The van der Waals surface area contributed by atoms with Crippen molar-refractivity contribution in [3.63, 3.8) is 0 Å². The number of anilines is 1. The van der Waals surface area contributed by atoms with Crippen LogP contribution in [0.4, 0.5) is 14.5 Å². The van der Waals surface area contributed by atoms with Gasteiger partial charge in [0.25, 0.3) is 5.91 Å². The fraction of sp³-hybridized carbons (Fsp3) is 0. The predicted molar refractivity (Wildman–Crippen MR) is 73.9 cm³/mol. The molecule has 3 nitrogen and oxygen atoms in total. The molecule has 1 amide bonds. The molecule has 0 aliphatic heterocycles. The van der Waals surface area contributed by atoms with Gasteiger partial charge in [-0.1, -0.05) is 0 Å². The Morgan fingerprint density at radius 2 is 1.89 bits per heavy atom. The Bertz CT molecular complexity index is 650. The molecule has 0 radical (unpaired) electrons. The highest BCUT2D eigenvalue weighted by Gasteiger charge is 2.11. The molecule has 98 valence electrons. The van der Waals surface area contributed by atoms with Gasteiger partial charge in [-0.15, -0.1) is 0 Å². The lowest BCUT2D eigenvalue weighted by molar-refractivity contribution is 0.102. The Morgan fingerprint density at radius 3 is 2.58 bits per heavy atom. The molecular formula is C12H6Br2F2N2O. The second kappa shape index (κ2) is 5.75. The number of hydrogen-bond acceptors (Lipinski definition) is 2. The molecule has 7 heteroatoms. The highest BCUT2D eigenvalue weighted by atomic mass is 79.9. The normalized spacial score (nSPS) is 10.3. The lowest BCUT2D eigenvalue weighted by atomic mass is 10.2. The minimum Gasteiger partial charge on any atom is -0.321 e. The Balaban J connectivity index is 2.25. The molecule has 1 N–H and O–H groups in total. The summed E-state index contributed by atoms with van der Waals surface area (Å²) in [6.45, 7) is 0. The number of carbonyl (C=O) groups excluding carboxylic acids is 1. The van der Waals surface area contributed by atoms with E-state index in [2.05, 4.69) is 42.2 Å². The molecule has 2 rings (SSSR count). The minimum atomic E-state index is -1.07. The Labute approximate surface area is 124 Å². The van der Waals surface area contributed by atoms with E-state index in [-0.39, 0.29) is 5.56 Å². The largest absolute Gasteiger partial charge is 0.321 e. The number of aromatic nitrogens is 1. The predicted octanol–water partition coefficient (Wildman–Crippen LogP) is 4.14. The Hall–Kier alpha value is -1.34. The van der Waals surface area contributed by atoms with E-state index in [1.54, 1.807) is 6.07 Å². The van der Waals surface area contributed by atoms with E-state index in [1.807, 2.05) is 0 Å². The summed E-state index contributed by atoms with van der Waals surface area (Å²) in [7, 11) is 0. The molecule has 0 aliphatic carbocycles. The molecule has 1 heterocycles. The SMILES string of the molecule is O=C(Nc1cc(Br)ncc1Br)c1ccc(F)c(F)c1. The maximum atomic E-state index is 13.0. The van der Waals surface area contributed by atoms with Crippen LogP contribution in [0.1, 0.15) is 10.4 Å². The van der Waals surface area contributed by atoms with Crippen molar-refractivity contribution in [3.8, 4) is 0 Å². The molecule has 0 bridgehead atoms. The molecule has 0 spiro atoms. The van der Waals surface area contributed by atoms with E-state index in [4.69, 9.17) is 0 Å². The highest BCUT2D eigenvalue weighted by Crippen LogP contribution is 2.24. The molecule has 0 saturated heterocycles. The number of nitrogens with zero attached hydrogens (tertiary/aromatic N) is 1. The molecule has 1 aromatic carbocycles. The van der Waals surface area contributed by atoms with Crippen molar-refractivity contribution < 1.29 is 13.6 Å². The van der Waals surface area contributed by atoms with Gasteiger partial charge in [-0.2, -0.15) is 0 Å². The average molecular weight is 392 g/mol. The average Bonchev–Trinajstić information content (AvgIpc) is 2.37. The maximum Gasteiger partial charge on any atom is 0.255 e. The van der Waals surface area contributed by atoms with Gasteiger partial charge >= 0.3 is 0 Å². The van der Waals surface area contributed by atoms with Gasteiger partial charge in [0.2, 0.25) is 0 Å². The molecule has 1 aromatic heterocycles.